The molecular weight excluding hydrogens is 440 g/mol. The van der Waals surface area contributed by atoms with E-state index in [1.165, 1.54) is 7.11 Å². The van der Waals surface area contributed by atoms with Crippen LogP contribution in [0.3, 0.4) is 0 Å². The van der Waals surface area contributed by atoms with E-state index in [9.17, 15) is 15.3 Å². The molecule has 1 aliphatic heterocycles. The maximum absolute atomic E-state index is 10.6. The van der Waals surface area contributed by atoms with Crippen molar-refractivity contribution in [2.45, 2.75) is 41.2 Å². The Kier molecular flexibility index (Phi) is 7.51. The number of aliphatic hydroxyl groups is 3. The molecule has 0 amide bonds. The zero-order chi connectivity index (χ0) is 23.4. The lowest BCUT2D eigenvalue weighted by atomic mass is 9.80. The molecule has 0 bridgehead atoms. The number of methoxy groups -OCH3 is 1. The summed E-state index contributed by atoms with van der Waals surface area (Å²) < 4.78 is 17.5. The first-order chi connectivity index (χ1) is 16.0. The van der Waals surface area contributed by atoms with Gasteiger partial charge in [0.05, 0.1) is 6.61 Å². The van der Waals surface area contributed by atoms with Gasteiger partial charge in [0.15, 0.2) is 6.29 Å². The molecule has 0 aromatic heterocycles. The summed E-state index contributed by atoms with van der Waals surface area (Å²) >= 11 is 4.43. The van der Waals surface area contributed by atoms with E-state index in [-0.39, 0.29) is 6.61 Å². The van der Waals surface area contributed by atoms with Gasteiger partial charge in [-0.25, -0.2) is 0 Å². The van der Waals surface area contributed by atoms with Crippen molar-refractivity contribution < 1.29 is 29.5 Å². The van der Waals surface area contributed by atoms with E-state index in [0.717, 1.165) is 21.6 Å². The monoisotopic (exact) mass is 468 g/mol. The standard InChI is InChI=1S/C26H28O6S/c1-30-25-24(29)23(28)22(27)21(32-25)16-31-26(17-8-4-2-5-9-17,18-10-6-3-7-11-18)19-12-14-20(33)15-13-19/h2-15,21-25,27-29,33H,16H2,1H3/t21-,22-,23+,24-,25+/m1/s1. The molecule has 3 aromatic carbocycles. The van der Waals surface area contributed by atoms with Crippen LogP contribution in [-0.4, -0.2) is 59.7 Å². The van der Waals surface area contributed by atoms with Gasteiger partial charge in [-0.2, -0.15) is 0 Å². The van der Waals surface area contributed by atoms with Crippen LogP contribution in [0.15, 0.2) is 89.8 Å². The molecule has 0 aliphatic carbocycles. The molecule has 4 rings (SSSR count). The van der Waals surface area contributed by atoms with E-state index in [4.69, 9.17) is 14.2 Å². The number of aliphatic hydroxyl groups excluding tert-OH is 3. The summed E-state index contributed by atoms with van der Waals surface area (Å²) in [4.78, 5) is 0.819. The van der Waals surface area contributed by atoms with Crippen LogP contribution in [0.25, 0.3) is 0 Å². The maximum atomic E-state index is 10.6. The van der Waals surface area contributed by atoms with Crippen LogP contribution in [-0.2, 0) is 19.8 Å². The molecule has 0 radical (unpaired) electrons. The van der Waals surface area contributed by atoms with Crippen LogP contribution in [0.4, 0.5) is 0 Å². The molecule has 6 nitrogen and oxygen atoms in total. The minimum atomic E-state index is -1.43. The number of hydrogen-bond donors (Lipinski definition) is 4. The Morgan fingerprint density at radius 1 is 0.758 bits per heavy atom. The van der Waals surface area contributed by atoms with Crippen molar-refractivity contribution in [3.63, 3.8) is 0 Å². The second kappa shape index (κ2) is 10.4. The second-order valence-electron chi connectivity index (χ2n) is 8.02. The minimum Gasteiger partial charge on any atom is -0.387 e. The van der Waals surface area contributed by atoms with Gasteiger partial charge in [-0.15, -0.1) is 12.6 Å². The minimum absolute atomic E-state index is 0.0722. The van der Waals surface area contributed by atoms with Gasteiger partial charge in [-0.3, -0.25) is 0 Å². The predicted octanol–water partition coefficient (Wildman–Crippen LogP) is 2.74. The summed E-state index contributed by atoms with van der Waals surface area (Å²) in [5.74, 6) is 0. The number of rotatable bonds is 7. The first kappa shape index (κ1) is 23.9. The Hall–Kier alpha value is -2.23. The summed E-state index contributed by atoms with van der Waals surface area (Å²) in [6.07, 6.45) is -6.15. The fraction of sp³-hybridized carbons (Fsp3) is 0.308. The van der Waals surface area contributed by atoms with Crippen molar-refractivity contribution >= 4 is 12.6 Å². The Morgan fingerprint density at radius 2 is 1.27 bits per heavy atom. The van der Waals surface area contributed by atoms with E-state index in [1.807, 2.05) is 84.9 Å². The molecule has 174 valence electrons. The summed E-state index contributed by atoms with van der Waals surface area (Å²) in [7, 11) is 1.37. The lowest BCUT2D eigenvalue weighted by Gasteiger charge is -2.42. The number of benzene rings is 3. The molecule has 3 aromatic rings. The zero-order valence-electron chi connectivity index (χ0n) is 18.2. The lowest BCUT2D eigenvalue weighted by Crippen LogP contribution is -2.59. The molecule has 1 saturated heterocycles. The van der Waals surface area contributed by atoms with Gasteiger partial charge >= 0.3 is 0 Å². The molecule has 3 N–H and O–H groups in total. The van der Waals surface area contributed by atoms with E-state index in [1.54, 1.807) is 0 Å². The van der Waals surface area contributed by atoms with Gasteiger partial charge in [-0.05, 0) is 28.8 Å². The SMILES string of the molecule is CO[C@H]1O[C@H](COC(c2ccccc2)(c2ccccc2)c2ccc(S)cc2)[C@@H](O)[C@H](O)[C@H]1O. The fourth-order valence-corrected chi connectivity index (χ4v) is 4.40. The third kappa shape index (κ3) is 4.72. The first-order valence-corrected chi connectivity index (χ1v) is 11.2. The molecule has 0 spiro atoms. The highest BCUT2D eigenvalue weighted by Crippen LogP contribution is 2.41. The van der Waals surface area contributed by atoms with Crippen LogP contribution < -0.4 is 0 Å². The fourth-order valence-electron chi connectivity index (χ4n) is 4.25. The van der Waals surface area contributed by atoms with Gasteiger partial charge in [0, 0.05) is 12.0 Å². The quantitative estimate of drug-likeness (QED) is 0.315. The highest BCUT2D eigenvalue weighted by Gasteiger charge is 2.46. The van der Waals surface area contributed by atoms with E-state index < -0.39 is 36.3 Å². The largest absolute Gasteiger partial charge is 0.387 e. The zero-order valence-corrected chi connectivity index (χ0v) is 19.1. The Morgan fingerprint density at radius 3 is 1.79 bits per heavy atom. The second-order valence-corrected chi connectivity index (χ2v) is 8.54. The highest BCUT2D eigenvalue weighted by atomic mass is 32.1. The molecule has 7 heteroatoms. The van der Waals surface area contributed by atoms with Crippen LogP contribution in [0.2, 0.25) is 0 Å². The normalized spacial score (nSPS) is 25.7. The van der Waals surface area contributed by atoms with Gasteiger partial charge in [-0.1, -0.05) is 72.8 Å². The van der Waals surface area contributed by atoms with Crippen LogP contribution in [0, 0.1) is 0 Å². The molecule has 1 fully saturated rings. The summed E-state index contributed by atoms with van der Waals surface area (Å²) in [6, 6.07) is 27.3. The molecule has 0 saturated carbocycles. The predicted molar refractivity (Wildman–Crippen MR) is 126 cm³/mol. The lowest BCUT2D eigenvalue weighted by molar-refractivity contribution is -0.299. The average molecular weight is 469 g/mol. The summed E-state index contributed by atoms with van der Waals surface area (Å²) in [5, 5.41) is 31.0. The molecular formula is C26H28O6S. The van der Waals surface area contributed by atoms with Crippen LogP contribution in [0.5, 0.6) is 0 Å². The molecule has 33 heavy (non-hydrogen) atoms. The molecule has 5 atom stereocenters. The Labute approximate surface area is 198 Å². The smallest absolute Gasteiger partial charge is 0.186 e. The van der Waals surface area contributed by atoms with Crippen molar-refractivity contribution in [2.75, 3.05) is 13.7 Å². The van der Waals surface area contributed by atoms with Crippen molar-refractivity contribution in [1.29, 1.82) is 0 Å². The number of ether oxygens (including phenoxy) is 3. The number of hydrogen-bond acceptors (Lipinski definition) is 7. The Balaban J connectivity index is 1.78. The van der Waals surface area contributed by atoms with E-state index in [0.29, 0.717) is 0 Å². The first-order valence-electron chi connectivity index (χ1n) is 10.7. The summed E-state index contributed by atoms with van der Waals surface area (Å²) in [5.41, 5.74) is 1.61. The Bertz CT molecular complexity index is 972. The third-order valence-corrected chi connectivity index (χ3v) is 6.30. The van der Waals surface area contributed by atoms with E-state index >= 15 is 0 Å². The van der Waals surface area contributed by atoms with Crippen LogP contribution in [0.1, 0.15) is 16.7 Å². The van der Waals surface area contributed by atoms with Gasteiger partial charge in [0.1, 0.15) is 30.0 Å². The van der Waals surface area contributed by atoms with E-state index in [2.05, 4.69) is 12.6 Å². The molecule has 1 heterocycles. The third-order valence-electron chi connectivity index (χ3n) is 6.00. The highest BCUT2D eigenvalue weighted by molar-refractivity contribution is 7.80. The van der Waals surface area contributed by atoms with Crippen molar-refractivity contribution in [2.24, 2.45) is 0 Å². The topological polar surface area (TPSA) is 88.4 Å². The van der Waals surface area contributed by atoms with Crippen molar-refractivity contribution in [3.05, 3.63) is 102 Å². The van der Waals surface area contributed by atoms with Gasteiger partial charge in [0.2, 0.25) is 0 Å². The van der Waals surface area contributed by atoms with Gasteiger partial charge in [0.25, 0.3) is 0 Å². The maximum Gasteiger partial charge on any atom is 0.186 e. The molecule has 1 aliphatic rings. The average Bonchev–Trinajstić information content (AvgIpc) is 2.86. The van der Waals surface area contributed by atoms with Crippen molar-refractivity contribution in [1.82, 2.24) is 0 Å². The number of thiol groups is 1. The summed E-state index contributed by atoms with van der Waals surface area (Å²) in [6.45, 7) is -0.0722. The van der Waals surface area contributed by atoms with Gasteiger partial charge < -0.3 is 29.5 Å². The molecule has 0 unspecified atom stereocenters. The van der Waals surface area contributed by atoms with Crippen molar-refractivity contribution in [3.8, 4) is 0 Å². The van der Waals surface area contributed by atoms with Crippen LogP contribution >= 0.6 is 12.6 Å².